The van der Waals surface area contributed by atoms with Crippen LogP contribution in [0.5, 0.6) is 0 Å². The first-order valence-electron chi connectivity index (χ1n) is 9.30. The monoisotopic (exact) mass is 423 g/mol. The summed E-state index contributed by atoms with van der Waals surface area (Å²) in [5, 5.41) is 14.8. The summed E-state index contributed by atoms with van der Waals surface area (Å²) < 4.78 is 0. The van der Waals surface area contributed by atoms with Gasteiger partial charge in [0.1, 0.15) is 0 Å². The fraction of sp³-hybridized carbons (Fsp3) is 0.150. The minimum Gasteiger partial charge on any atom is -0.356 e. The van der Waals surface area contributed by atoms with Crippen molar-refractivity contribution in [1.29, 1.82) is 0 Å². The van der Waals surface area contributed by atoms with Gasteiger partial charge in [0.15, 0.2) is 0 Å². The van der Waals surface area contributed by atoms with Crippen LogP contribution in [0, 0.1) is 0 Å². The lowest BCUT2D eigenvalue weighted by Gasteiger charge is -2.10. The quantitative estimate of drug-likeness (QED) is 0.393. The summed E-state index contributed by atoms with van der Waals surface area (Å²) in [4.78, 5) is 33.2. The molecular weight excluding hydrogens is 406 g/mol. The highest BCUT2D eigenvalue weighted by Gasteiger charge is 2.13. The summed E-state index contributed by atoms with van der Waals surface area (Å²) in [5.41, 5.74) is 1.31. The molecule has 4 rings (SSSR count). The third-order valence-corrected chi connectivity index (χ3v) is 4.71. The Bertz CT molecular complexity index is 1240. The Morgan fingerprint density at radius 1 is 1.07 bits per heavy atom. The predicted molar refractivity (Wildman–Crippen MR) is 114 cm³/mol. The number of benzene rings is 2. The van der Waals surface area contributed by atoms with E-state index in [0.717, 1.165) is 0 Å². The summed E-state index contributed by atoms with van der Waals surface area (Å²) in [5.74, 6) is 0.144. The number of anilines is 1. The van der Waals surface area contributed by atoms with Gasteiger partial charge in [-0.15, -0.1) is 0 Å². The van der Waals surface area contributed by atoms with Crippen molar-refractivity contribution in [3.63, 3.8) is 0 Å². The van der Waals surface area contributed by atoms with E-state index in [-0.39, 0.29) is 11.5 Å². The number of aromatic amines is 1. The van der Waals surface area contributed by atoms with E-state index < -0.39 is 0 Å². The van der Waals surface area contributed by atoms with E-state index in [4.69, 9.17) is 11.6 Å². The molecule has 0 fully saturated rings. The van der Waals surface area contributed by atoms with Gasteiger partial charge in [0.05, 0.1) is 39.6 Å². The highest BCUT2D eigenvalue weighted by molar-refractivity contribution is 6.35. The smallest absolute Gasteiger partial charge is 0.261 e. The Balaban J connectivity index is 1.33. The van der Waals surface area contributed by atoms with E-state index in [9.17, 15) is 9.59 Å². The van der Waals surface area contributed by atoms with Gasteiger partial charge in [-0.1, -0.05) is 29.8 Å². The highest BCUT2D eigenvalue weighted by atomic mass is 35.5. The van der Waals surface area contributed by atoms with Crippen molar-refractivity contribution in [2.24, 2.45) is 0 Å². The van der Waals surface area contributed by atoms with E-state index in [1.54, 1.807) is 48.8 Å². The summed E-state index contributed by atoms with van der Waals surface area (Å²) in [6.45, 7) is 0.952. The number of rotatable bonds is 7. The van der Waals surface area contributed by atoms with Crippen LogP contribution in [0.3, 0.4) is 0 Å². The Labute approximate surface area is 176 Å². The minimum absolute atomic E-state index is 0.213. The molecule has 0 bridgehead atoms. The molecule has 0 saturated heterocycles. The molecule has 2 aromatic heterocycles. The van der Waals surface area contributed by atoms with E-state index in [0.29, 0.717) is 52.6 Å². The molecule has 0 aliphatic carbocycles. The zero-order valence-corrected chi connectivity index (χ0v) is 16.6. The molecule has 0 spiro atoms. The highest BCUT2D eigenvalue weighted by Crippen LogP contribution is 2.18. The third-order valence-electron chi connectivity index (χ3n) is 4.40. The first kappa shape index (κ1) is 19.6. The predicted octanol–water partition coefficient (Wildman–Crippen LogP) is 2.39. The standard InChI is InChI=1S/C20H18ClN7O2/c21-14-6-3-7-15-17(14)19(30)27-20(26-15)23-10-4-9-22-18(29)13-5-1-2-8-16(13)28-24-11-12-25-28/h1-3,5-8,11-12H,4,9-10H2,(H,22,29)(H2,23,26,27,30). The van der Waals surface area contributed by atoms with Gasteiger partial charge in [-0.2, -0.15) is 15.0 Å². The lowest BCUT2D eigenvalue weighted by Crippen LogP contribution is -2.27. The summed E-state index contributed by atoms with van der Waals surface area (Å²) in [6, 6.07) is 12.2. The number of aromatic nitrogens is 5. The van der Waals surface area contributed by atoms with Crippen LogP contribution >= 0.6 is 11.6 Å². The van der Waals surface area contributed by atoms with Crippen LogP contribution in [0.2, 0.25) is 5.02 Å². The second kappa shape index (κ2) is 8.75. The number of carbonyl (C=O) groups excluding carboxylic acids is 1. The number of carbonyl (C=O) groups is 1. The van der Waals surface area contributed by atoms with Gasteiger partial charge in [-0.25, -0.2) is 4.98 Å². The lowest BCUT2D eigenvalue weighted by atomic mass is 10.1. The SMILES string of the molecule is O=C(NCCCNc1nc2cccc(Cl)c2c(=O)[nH]1)c1ccccc1-n1nccn1. The second-order valence-corrected chi connectivity index (χ2v) is 6.83. The minimum atomic E-state index is -0.301. The number of para-hydroxylation sites is 1. The Kier molecular flexibility index (Phi) is 5.71. The van der Waals surface area contributed by atoms with Crippen LogP contribution in [-0.4, -0.2) is 44.0 Å². The molecule has 2 heterocycles. The maximum Gasteiger partial charge on any atom is 0.261 e. The largest absolute Gasteiger partial charge is 0.356 e. The summed E-state index contributed by atoms with van der Waals surface area (Å²) >= 11 is 6.05. The van der Waals surface area contributed by atoms with Gasteiger partial charge in [0, 0.05) is 13.1 Å². The van der Waals surface area contributed by atoms with Gasteiger partial charge in [-0.05, 0) is 30.7 Å². The molecule has 0 aliphatic heterocycles. The van der Waals surface area contributed by atoms with Crippen LogP contribution in [-0.2, 0) is 0 Å². The number of hydrogen-bond acceptors (Lipinski definition) is 6. The molecule has 0 unspecified atom stereocenters. The van der Waals surface area contributed by atoms with Crippen molar-refractivity contribution >= 4 is 34.4 Å². The van der Waals surface area contributed by atoms with Crippen molar-refractivity contribution in [1.82, 2.24) is 30.3 Å². The number of halogens is 1. The van der Waals surface area contributed by atoms with Gasteiger partial charge in [0.2, 0.25) is 5.95 Å². The number of nitrogens with zero attached hydrogens (tertiary/aromatic N) is 4. The van der Waals surface area contributed by atoms with Crippen LogP contribution in [0.25, 0.3) is 16.6 Å². The maximum absolute atomic E-state index is 12.5. The van der Waals surface area contributed by atoms with Gasteiger partial charge >= 0.3 is 0 Å². The Morgan fingerprint density at radius 2 is 1.87 bits per heavy atom. The Hall–Kier alpha value is -3.72. The fourth-order valence-electron chi connectivity index (χ4n) is 3.01. The molecule has 0 aliphatic rings. The van der Waals surface area contributed by atoms with E-state index >= 15 is 0 Å². The van der Waals surface area contributed by atoms with Crippen molar-refractivity contribution < 1.29 is 4.79 Å². The Morgan fingerprint density at radius 3 is 2.70 bits per heavy atom. The number of H-pyrrole nitrogens is 1. The van der Waals surface area contributed by atoms with Crippen LogP contribution < -0.4 is 16.2 Å². The second-order valence-electron chi connectivity index (χ2n) is 6.42. The van der Waals surface area contributed by atoms with Crippen LogP contribution in [0.4, 0.5) is 5.95 Å². The molecule has 0 radical (unpaired) electrons. The fourth-order valence-corrected chi connectivity index (χ4v) is 3.26. The molecule has 9 nitrogen and oxygen atoms in total. The zero-order valence-electron chi connectivity index (χ0n) is 15.8. The number of fused-ring (bicyclic) bond motifs is 1. The molecule has 30 heavy (non-hydrogen) atoms. The number of hydrogen-bond donors (Lipinski definition) is 3. The first-order valence-corrected chi connectivity index (χ1v) is 9.67. The maximum atomic E-state index is 12.5. The first-order chi connectivity index (χ1) is 14.6. The third kappa shape index (κ3) is 4.15. The van der Waals surface area contributed by atoms with Crippen LogP contribution in [0.15, 0.2) is 59.7 Å². The molecule has 10 heteroatoms. The van der Waals surface area contributed by atoms with Crippen molar-refractivity contribution in [3.05, 3.63) is 75.8 Å². The normalized spacial score (nSPS) is 10.8. The zero-order chi connectivity index (χ0) is 20.9. The van der Waals surface area contributed by atoms with Gasteiger partial charge < -0.3 is 10.6 Å². The van der Waals surface area contributed by atoms with E-state index in [1.807, 2.05) is 6.07 Å². The molecule has 1 amide bonds. The van der Waals surface area contributed by atoms with E-state index in [1.165, 1.54) is 4.80 Å². The molecule has 2 aromatic carbocycles. The molecule has 4 aromatic rings. The molecule has 0 atom stereocenters. The molecule has 3 N–H and O–H groups in total. The number of nitrogens with one attached hydrogen (secondary N) is 3. The summed E-state index contributed by atoms with van der Waals surface area (Å²) in [7, 11) is 0. The van der Waals surface area contributed by atoms with Gasteiger partial charge in [0.25, 0.3) is 11.5 Å². The molecule has 0 saturated carbocycles. The molecular formula is C20H18ClN7O2. The topological polar surface area (TPSA) is 118 Å². The summed E-state index contributed by atoms with van der Waals surface area (Å²) in [6.07, 6.45) is 3.74. The van der Waals surface area contributed by atoms with Crippen LogP contribution in [0.1, 0.15) is 16.8 Å². The van der Waals surface area contributed by atoms with Crippen molar-refractivity contribution in [2.75, 3.05) is 18.4 Å². The average molecular weight is 424 g/mol. The average Bonchev–Trinajstić information content (AvgIpc) is 3.28. The van der Waals surface area contributed by atoms with Gasteiger partial charge in [-0.3, -0.25) is 14.6 Å². The van der Waals surface area contributed by atoms with Crippen molar-refractivity contribution in [2.45, 2.75) is 6.42 Å². The number of amides is 1. The van der Waals surface area contributed by atoms with E-state index in [2.05, 4.69) is 30.8 Å². The van der Waals surface area contributed by atoms with Crippen molar-refractivity contribution in [3.8, 4) is 5.69 Å². The molecule has 152 valence electrons. The lowest BCUT2D eigenvalue weighted by molar-refractivity contribution is 0.0953.